The van der Waals surface area contributed by atoms with E-state index in [-0.39, 0.29) is 5.69 Å². The van der Waals surface area contributed by atoms with Crippen molar-refractivity contribution >= 4 is 23.0 Å². The van der Waals surface area contributed by atoms with E-state index in [1.54, 1.807) is 31.3 Å². The van der Waals surface area contributed by atoms with E-state index in [1.165, 1.54) is 6.07 Å². The molecule has 19 heavy (non-hydrogen) atoms. The molecule has 1 aromatic carbocycles. The van der Waals surface area contributed by atoms with Gasteiger partial charge >= 0.3 is 0 Å². The van der Waals surface area contributed by atoms with Crippen LogP contribution in [0.2, 0.25) is 5.02 Å². The normalized spacial score (nSPS) is 10.2. The van der Waals surface area contributed by atoms with Gasteiger partial charge in [0.15, 0.2) is 0 Å². The van der Waals surface area contributed by atoms with E-state index in [2.05, 4.69) is 15.3 Å². The average molecular weight is 279 g/mol. The minimum absolute atomic E-state index is 0.0571. The largest absolute Gasteiger partial charge is 0.373 e. The van der Waals surface area contributed by atoms with Crippen LogP contribution in [-0.4, -0.2) is 14.9 Å². The fraction of sp³-hybridized carbons (Fsp3) is 0.167. The molecule has 0 amide bonds. The number of halogens is 1. The first-order valence-corrected chi connectivity index (χ1v) is 5.91. The van der Waals surface area contributed by atoms with Gasteiger partial charge < -0.3 is 5.32 Å². The minimum atomic E-state index is -0.473. The van der Waals surface area contributed by atoms with Crippen molar-refractivity contribution in [2.75, 3.05) is 5.32 Å². The summed E-state index contributed by atoms with van der Waals surface area (Å²) in [5, 5.41) is 14.2. The molecule has 0 aliphatic heterocycles. The molecule has 1 N–H and O–H groups in total. The highest BCUT2D eigenvalue weighted by Gasteiger charge is 2.16. The minimum Gasteiger partial charge on any atom is -0.373 e. The maximum Gasteiger partial charge on any atom is 0.293 e. The number of aryl methyl sites for hydroxylation is 1. The topological polar surface area (TPSA) is 81.0 Å². The van der Waals surface area contributed by atoms with Crippen molar-refractivity contribution in [2.45, 2.75) is 13.5 Å². The Labute approximate surface area is 114 Å². The van der Waals surface area contributed by atoms with Gasteiger partial charge in [-0.1, -0.05) is 17.7 Å². The van der Waals surface area contributed by atoms with Crippen LogP contribution < -0.4 is 5.32 Å². The van der Waals surface area contributed by atoms with Gasteiger partial charge in [0.2, 0.25) is 0 Å². The van der Waals surface area contributed by atoms with Gasteiger partial charge in [-0.05, 0) is 19.1 Å². The standard InChI is InChI=1S/C12H11ClN4O2/c1-8-14-6-5-9(16-8)7-15-12-10(13)3-2-4-11(12)17(18)19/h2-6,15H,7H2,1H3. The van der Waals surface area contributed by atoms with Crippen molar-refractivity contribution in [3.8, 4) is 0 Å². The smallest absolute Gasteiger partial charge is 0.293 e. The summed E-state index contributed by atoms with van der Waals surface area (Å²) in [6.07, 6.45) is 1.64. The molecule has 6 nitrogen and oxygen atoms in total. The van der Waals surface area contributed by atoms with Gasteiger partial charge in [-0.15, -0.1) is 0 Å². The Morgan fingerprint density at radius 1 is 1.42 bits per heavy atom. The highest BCUT2D eigenvalue weighted by atomic mass is 35.5. The lowest BCUT2D eigenvalue weighted by molar-refractivity contribution is -0.383. The molecule has 0 saturated carbocycles. The predicted octanol–water partition coefficient (Wildman–Crippen LogP) is 2.96. The number of anilines is 1. The van der Waals surface area contributed by atoms with Crippen LogP contribution in [0.5, 0.6) is 0 Å². The monoisotopic (exact) mass is 278 g/mol. The summed E-state index contributed by atoms with van der Waals surface area (Å²) in [4.78, 5) is 18.6. The second-order valence-corrected chi connectivity index (χ2v) is 4.25. The first-order chi connectivity index (χ1) is 9.08. The van der Waals surface area contributed by atoms with E-state index >= 15 is 0 Å². The molecule has 7 heteroatoms. The molecule has 0 atom stereocenters. The molecule has 0 fully saturated rings. The third-order valence-corrected chi connectivity index (χ3v) is 2.78. The average Bonchev–Trinajstić information content (AvgIpc) is 2.37. The number of nitrogens with one attached hydrogen (secondary N) is 1. The number of nitrogens with zero attached hydrogens (tertiary/aromatic N) is 3. The van der Waals surface area contributed by atoms with Gasteiger partial charge in [-0.3, -0.25) is 10.1 Å². The molecule has 0 aliphatic rings. The molecule has 0 spiro atoms. The van der Waals surface area contributed by atoms with Crippen molar-refractivity contribution < 1.29 is 4.92 Å². The maximum atomic E-state index is 10.9. The molecule has 0 bridgehead atoms. The molecular weight excluding hydrogens is 268 g/mol. The van der Waals surface area contributed by atoms with Crippen molar-refractivity contribution in [1.82, 2.24) is 9.97 Å². The van der Waals surface area contributed by atoms with Crippen LogP contribution in [0, 0.1) is 17.0 Å². The first-order valence-electron chi connectivity index (χ1n) is 5.53. The maximum absolute atomic E-state index is 10.9. The SMILES string of the molecule is Cc1nccc(CNc2c(Cl)cccc2[N+](=O)[O-])n1. The van der Waals surface area contributed by atoms with E-state index in [4.69, 9.17) is 11.6 Å². The molecule has 98 valence electrons. The van der Waals surface area contributed by atoms with Gasteiger partial charge in [-0.2, -0.15) is 0 Å². The quantitative estimate of drug-likeness (QED) is 0.687. The number of para-hydroxylation sites is 1. The van der Waals surface area contributed by atoms with Gasteiger partial charge in [0.25, 0.3) is 5.69 Å². The summed E-state index contributed by atoms with van der Waals surface area (Å²) >= 11 is 5.97. The number of hydrogen-bond acceptors (Lipinski definition) is 5. The molecule has 1 heterocycles. The van der Waals surface area contributed by atoms with Gasteiger partial charge in [-0.25, -0.2) is 9.97 Å². The van der Waals surface area contributed by atoms with Crippen LogP contribution in [0.4, 0.5) is 11.4 Å². The van der Waals surface area contributed by atoms with Crippen molar-refractivity contribution in [3.63, 3.8) is 0 Å². The third kappa shape index (κ3) is 3.17. The zero-order valence-electron chi connectivity index (χ0n) is 10.1. The summed E-state index contributed by atoms with van der Waals surface area (Å²) in [6, 6.07) is 6.28. The highest BCUT2D eigenvalue weighted by Crippen LogP contribution is 2.31. The number of nitro groups is 1. The van der Waals surface area contributed by atoms with E-state index in [0.29, 0.717) is 23.1 Å². The van der Waals surface area contributed by atoms with Gasteiger partial charge in [0, 0.05) is 12.3 Å². The third-order valence-electron chi connectivity index (χ3n) is 2.47. The number of rotatable bonds is 4. The lowest BCUT2D eigenvalue weighted by atomic mass is 10.2. The summed E-state index contributed by atoms with van der Waals surface area (Å²) in [6.45, 7) is 2.12. The van der Waals surface area contributed by atoms with E-state index in [1.807, 2.05) is 0 Å². The molecule has 0 aliphatic carbocycles. The summed E-state index contributed by atoms with van der Waals surface area (Å²) < 4.78 is 0. The highest BCUT2D eigenvalue weighted by molar-refractivity contribution is 6.33. The zero-order chi connectivity index (χ0) is 13.8. The zero-order valence-corrected chi connectivity index (χ0v) is 10.9. The summed E-state index contributed by atoms with van der Waals surface area (Å²) in [7, 11) is 0. The Kier molecular flexibility index (Phi) is 3.91. The number of hydrogen-bond donors (Lipinski definition) is 1. The van der Waals surface area contributed by atoms with Crippen molar-refractivity contribution in [2.24, 2.45) is 0 Å². The van der Waals surface area contributed by atoms with Gasteiger partial charge in [0.1, 0.15) is 11.5 Å². The van der Waals surface area contributed by atoms with Crippen LogP contribution in [0.3, 0.4) is 0 Å². The Balaban J connectivity index is 2.22. The fourth-order valence-electron chi connectivity index (χ4n) is 1.62. The summed E-state index contributed by atoms with van der Waals surface area (Å²) in [5.41, 5.74) is 0.977. The number of nitro benzene ring substituents is 1. The Bertz CT molecular complexity index is 618. The van der Waals surface area contributed by atoms with Crippen LogP contribution in [-0.2, 0) is 6.54 Å². The molecular formula is C12H11ClN4O2. The van der Waals surface area contributed by atoms with Crippen LogP contribution in [0.15, 0.2) is 30.5 Å². The molecule has 0 unspecified atom stereocenters. The van der Waals surface area contributed by atoms with Crippen molar-refractivity contribution in [1.29, 1.82) is 0 Å². The van der Waals surface area contributed by atoms with Gasteiger partial charge in [0.05, 0.1) is 22.2 Å². The Morgan fingerprint density at radius 3 is 2.89 bits per heavy atom. The van der Waals surface area contributed by atoms with Crippen LogP contribution >= 0.6 is 11.6 Å². The Hall–Kier alpha value is -2.21. The number of aromatic nitrogens is 2. The second kappa shape index (κ2) is 5.62. The molecule has 1 aromatic heterocycles. The Morgan fingerprint density at radius 2 is 2.21 bits per heavy atom. The van der Waals surface area contributed by atoms with E-state index in [9.17, 15) is 10.1 Å². The predicted molar refractivity (Wildman–Crippen MR) is 72.2 cm³/mol. The summed E-state index contributed by atoms with van der Waals surface area (Å²) in [5.74, 6) is 0.646. The van der Waals surface area contributed by atoms with Crippen molar-refractivity contribution in [3.05, 3.63) is 57.1 Å². The number of benzene rings is 1. The lowest BCUT2D eigenvalue weighted by Gasteiger charge is -2.08. The van der Waals surface area contributed by atoms with E-state index in [0.717, 1.165) is 5.69 Å². The molecule has 0 saturated heterocycles. The van der Waals surface area contributed by atoms with Crippen LogP contribution in [0.1, 0.15) is 11.5 Å². The van der Waals surface area contributed by atoms with E-state index < -0.39 is 4.92 Å². The molecule has 2 rings (SSSR count). The first kappa shape index (κ1) is 13.2. The molecule has 2 aromatic rings. The van der Waals surface area contributed by atoms with Crippen LogP contribution in [0.25, 0.3) is 0 Å². The second-order valence-electron chi connectivity index (χ2n) is 3.84. The lowest BCUT2D eigenvalue weighted by Crippen LogP contribution is -2.05. The molecule has 0 radical (unpaired) electrons. The fourth-order valence-corrected chi connectivity index (χ4v) is 1.86.